The molecule has 1 aromatic heterocycles. The van der Waals surface area contributed by atoms with Crippen molar-refractivity contribution in [3.63, 3.8) is 0 Å². The fraction of sp³-hybridized carbons (Fsp3) is 0.211. The van der Waals surface area contributed by atoms with Gasteiger partial charge in [0.05, 0.1) is 11.4 Å². The van der Waals surface area contributed by atoms with E-state index in [1.807, 2.05) is 32.0 Å². The van der Waals surface area contributed by atoms with Crippen molar-refractivity contribution in [1.29, 1.82) is 0 Å². The van der Waals surface area contributed by atoms with Gasteiger partial charge in [0.2, 0.25) is 0 Å². The largest absolute Gasteiger partial charge is 0.491 e. The van der Waals surface area contributed by atoms with E-state index < -0.39 is 0 Å². The Labute approximate surface area is 150 Å². The number of rotatable bonds is 5. The van der Waals surface area contributed by atoms with E-state index >= 15 is 0 Å². The number of carbonyl (C=O) groups is 2. The van der Waals surface area contributed by atoms with Gasteiger partial charge in [0.15, 0.2) is 0 Å². The maximum atomic E-state index is 12.4. The Morgan fingerprint density at radius 3 is 2.68 bits per heavy atom. The van der Waals surface area contributed by atoms with Crippen LogP contribution in [0.4, 0.5) is 4.79 Å². The van der Waals surface area contributed by atoms with Gasteiger partial charge in [0.25, 0.3) is 11.1 Å². The molecular formula is C19H18N2O3S. The van der Waals surface area contributed by atoms with Gasteiger partial charge in [0, 0.05) is 12.4 Å². The predicted molar refractivity (Wildman–Crippen MR) is 98.3 cm³/mol. The van der Waals surface area contributed by atoms with Crippen molar-refractivity contribution in [2.24, 2.45) is 0 Å². The van der Waals surface area contributed by atoms with E-state index in [0.29, 0.717) is 4.91 Å². The Bertz CT molecular complexity index is 834. The van der Waals surface area contributed by atoms with Crippen LogP contribution in [0.15, 0.2) is 47.6 Å². The zero-order valence-corrected chi connectivity index (χ0v) is 14.9. The van der Waals surface area contributed by atoms with Crippen LogP contribution in [0.1, 0.15) is 16.7 Å². The molecule has 25 heavy (non-hydrogen) atoms. The first-order chi connectivity index (χ1) is 12.0. The van der Waals surface area contributed by atoms with Gasteiger partial charge < -0.3 is 4.74 Å². The number of hydrogen-bond donors (Lipinski definition) is 0. The van der Waals surface area contributed by atoms with Gasteiger partial charge >= 0.3 is 0 Å². The molecule has 2 amide bonds. The lowest BCUT2D eigenvalue weighted by molar-refractivity contribution is -0.123. The van der Waals surface area contributed by atoms with E-state index in [0.717, 1.165) is 34.2 Å². The quantitative estimate of drug-likeness (QED) is 0.764. The van der Waals surface area contributed by atoms with E-state index in [1.165, 1.54) is 4.90 Å². The minimum Gasteiger partial charge on any atom is -0.491 e. The molecule has 0 bridgehead atoms. The van der Waals surface area contributed by atoms with Crippen molar-refractivity contribution in [3.8, 4) is 5.75 Å². The fourth-order valence-electron chi connectivity index (χ4n) is 2.41. The molecule has 0 N–H and O–H groups in total. The van der Waals surface area contributed by atoms with E-state index in [9.17, 15) is 9.59 Å². The Balaban J connectivity index is 1.63. The molecule has 1 fully saturated rings. The van der Waals surface area contributed by atoms with Crippen LogP contribution in [0, 0.1) is 13.8 Å². The smallest absolute Gasteiger partial charge is 0.293 e. The summed E-state index contributed by atoms with van der Waals surface area (Å²) in [6.07, 6.45) is 5.00. The summed E-state index contributed by atoms with van der Waals surface area (Å²) >= 11 is 0.951. The molecule has 1 saturated heterocycles. The molecule has 1 aromatic carbocycles. The Morgan fingerprint density at radius 2 is 1.92 bits per heavy atom. The highest BCUT2D eigenvalue weighted by molar-refractivity contribution is 8.18. The van der Waals surface area contributed by atoms with Crippen LogP contribution in [-0.2, 0) is 4.79 Å². The van der Waals surface area contributed by atoms with E-state index in [4.69, 9.17) is 4.74 Å². The second-order valence-electron chi connectivity index (χ2n) is 5.73. The van der Waals surface area contributed by atoms with Gasteiger partial charge in [-0.05, 0) is 66.6 Å². The zero-order chi connectivity index (χ0) is 17.8. The first-order valence-corrected chi connectivity index (χ1v) is 8.72. The van der Waals surface area contributed by atoms with Crippen LogP contribution in [0.3, 0.4) is 0 Å². The van der Waals surface area contributed by atoms with Gasteiger partial charge in [-0.1, -0.05) is 12.1 Å². The zero-order valence-electron chi connectivity index (χ0n) is 14.1. The van der Waals surface area contributed by atoms with Crippen molar-refractivity contribution in [1.82, 2.24) is 9.88 Å². The number of thioether (sulfide) groups is 1. The third kappa shape index (κ3) is 4.09. The maximum Gasteiger partial charge on any atom is 0.293 e. The number of aromatic nitrogens is 1. The highest BCUT2D eigenvalue weighted by Crippen LogP contribution is 2.32. The fourth-order valence-corrected chi connectivity index (χ4v) is 3.28. The topological polar surface area (TPSA) is 59.5 Å². The molecule has 2 aromatic rings. The summed E-state index contributed by atoms with van der Waals surface area (Å²) < 4.78 is 5.75. The number of benzene rings is 1. The highest BCUT2D eigenvalue weighted by atomic mass is 32.2. The van der Waals surface area contributed by atoms with Crippen molar-refractivity contribution in [2.45, 2.75) is 13.8 Å². The normalized spacial score (nSPS) is 15.9. The van der Waals surface area contributed by atoms with E-state index in [-0.39, 0.29) is 24.3 Å². The second-order valence-corrected chi connectivity index (χ2v) is 6.72. The number of hydrogen-bond acceptors (Lipinski definition) is 5. The third-order valence-corrected chi connectivity index (χ3v) is 4.70. The summed E-state index contributed by atoms with van der Waals surface area (Å²) in [4.78, 5) is 30.1. The van der Waals surface area contributed by atoms with Crippen molar-refractivity contribution in [2.75, 3.05) is 13.2 Å². The average Bonchev–Trinajstić information content (AvgIpc) is 2.86. The summed E-state index contributed by atoms with van der Waals surface area (Å²) in [5.41, 5.74) is 2.97. The van der Waals surface area contributed by atoms with Gasteiger partial charge in [-0.3, -0.25) is 19.5 Å². The van der Waals surface area contributed by atoms with Gasteiger partial charge in [-0.25, -0.2) is 0 Å². The lowest BCUT2D eigenvalue weighted by Gasteiger charge is -2.14. The van der Waals surface area contributed by atoms with Crippen LogP contribution >= 0.6 is 11.8 Å². The summed E-state index contributed by atoms with van der Waals surface area (Å²) in [7, 11) is 0. The molecule has 0 spiro atoms. The van der Waals surface area contributed by atoms with Crippen molar-refractivity contribution in [3.05, 3.63) is 64.3 Å². The molecular weight excluding hydrogens is 336 g/mol. The van der Waals surface area contributed by atoms with Crippen molar-refractivity contribution >= 4 is 29.0 Å². The number of aryl methyl sites for hydroxylation is 2. The van der Waals surface area contributed by atoms with Gasteiger partial charge in [-0.2, -0.15) is 0 Å². The van der Waals surface area contributed by atoms with Crippen LogP contribution in [0.5, 0.6) is 5.75 Å². The molecule has 3 rings (SSSR count). The van der Waals surface area contributed by atoms with Crippen LogP contribution in [0.2, 0.25) is 0 Å². The first kappa shape index (κ1) is 17.2. The van der Waals surface area contributed by atoms with Crippen LogP contribution < -0.4 is 4.74 Å². The number of pyridine rings is 1. The summed E-state index contributed by atoms with van der Waals surface area (Å²) in [5, 5.41) is -0.269. The number of nitrogens with zero attached hydrogens (tertiary/aromatic N) is 2. The average molecular weight is 354 g/mol. The molecule has 0 atom stereocenters. The standard InChI is InChI=1S/C19H18N2O3S/c1-13-3-4-14(2)16(11-13)24-10-9-21-18(22)17(25-19(21)23)12-15-5-7-20-8-6-15/h3-8,11-12H,9-10H2,1-2H3/b17-12-. The van der Waals surface area contributed by atoms with Crippen LogP contribution in [-0.4, -0.2) is 34.2 Å². The number of carbonyl (C=O) groups excluding carboxylic acids is 2. The van der Waals surface area contributed by atoms with Crippen LogP contribution in [0.25, 0.3) is 6.08 Å². The molecule has 5 nitrogen and oxygen atoms in total. The lowest BCUT2D eigenvalue weighted by Crippen LogP contribution is -2.32. The number of amides is 2. The molecule has 1 aliphatic heterocycles. The second kappa shape index (κ2) is 7.53. The third-order valence-electron chi connectivity index (χ3n) is 3.79. The van der Waals surface area contributed by atoms with E-state index in [1.54, 1.807) is 30.6 Å². The van der Waals surface area contributed by atoms with Gasteiger partial charge in [0.1, 0.15) is 12.4 Å². The maximum absolute atomic E-state index is 12.4. The molecule has 0 radical (unpaired) electrons. The summed E-state index contributed by atoms with van der Waals surface area (Å²) in [5.74, 6) is 0.496. The molecule has 0 unspecified atom stereocenters. The summed E-state index contributed by atoms with van der Waals surface area (Å²) in [6.45, 7) is 4.45. The monoisotopic (exact) mass is 354 g/mol. The Morgan fingerprint density at radius 1 is 1.16 bits per heavy atom. The first-order valence-electron chi connectivity index (χ1n) is 7.90. The molecule has 0 saturated carbocycles. The minimum atomic E-state index is -0.281. The van der Waals surface area contributed by atoms with Gasteiger partial charge in [-0.15, -0.1) is 0 Å². The van der Waals surface area contributed by atoms with Crippen molar-refractivity contribution < 1.29 is 14.3 Å². The van der Waals surface area contributed by atoms with E-state index in [2.05, 4.69) is 4.98 Å². The highest BCUT2D eigenvalue weighted by Gasteiger charge is 2.34. The molecule has 1 aliphatic rings. The lowest BCUT2D eigenvalue weighted by atomic mass is 10.1. The molecule has 2 heterocycles. The summed E-state index contributed by atoms with van der Waals surface area (Å²) in [6, 6.07) is 9.53. The Hall–Kier alpha value is -2.60. The molecule has 0 aliphatic carbocycles. The Kier molecular flexibility index (Phi) is 5.19. The number of imide groups is 1. The molecule has 6 heteroatoms. The minimum absolute atomic E-state index is 0.228. The SMILES string of the molecule is Cc1ccc(C)c(OCCN2C(=O)S/C(=C\c3ccncc3)C2=O)c1. The molecule has 128 valence electrons. The predicted octanol–water partition coefficient (Wildman–Crippen LogP) is 3.81. The number of ether oxygens (including phenoxy) is 1.